The summed E-state index contributed by atoms with van der Waals surface area (Å²) in [5.74, 6) is -0.695. The molecule has 0 saturated carbocycles. The van der Waals surface area contributed by atoms with E-state index < -0.39 is 5.97 Å². The molecule has 132 valence electrons. The number of aryl methyl sites for hydroxylation is 1. The maximum atomic E-state index is 12.1. The fraction of sp³-hybridized carbons (Fsp3) is 0.278. The summed E-state index contributed by atoms with van der Waals surface area (Å²) in [6, 6.07) is 10.1. The highest BCUT2D eigenvalue weighted by atomic mass is 16.5. The van der Waals surface area contributed by atoms with Crippen LogP contribution >= 0.6 is 0 Å². The number of amides is 1. The van der Waals surface area contributed by atoms with Crippen LogP contribution in [-0.2, 0) is 11.3 Å². The van der Waals surface area contributed by atoms with Gasteiger partial charge in [0.1, 0.15) is 18.1 Å². The average molecular weight is 344 g/mol. The summed E-state index contributed by atoms with van der Waals surface area (Å²) in [7, 11) is 1.61. The van der Waals surface area contributed by atoms with Gasteiger partial charge in [-0.15, -0.1) is 0 Å². The minimum atomic E-state index is -1.07. The van der Waals surface area contributed by atoms with E-state index >= 15 is 0 Å². The third-order valence-corrected chi connectivity index (χ3v) is 3.48. The number of nitrogens with zero attached hydrogens (tertiary/aromatic N) is 1. The summed E-state index contributed by atoms with van der Waals surface area (Å²) in [5, 5.41) is 11.7. The van der Waals surface area contributed by atoms with Gasteiger partial charge in [0.15, 0.2) is 0 Å². The number of carbonyl (C=O) groups is 2. The third-order valence-electron chi connectivity index (χ3n) is 3.48. The van der Waals surface area contributed by atoms with Crippen LogP contribution in [0.15, 0.2) is 36.4 Å². The normalized spacial score (nSPS) is 10.3. The second-order valence-electron chi connectivity index (χ2n) is 5.30. The molecule has 1 amide bonds. The summed E-state index contributed by atoms with van der Waals surface area (Å²) >= 11 is 0. The SMILES string of the molecule is COCCOc1ccc(CNC(=O)c2ccc(C(=O)O)c(C)n2)cc1. The number of benzene rings is 1. The summed E-state index contributed by atoms with van der Waals surface area (Å²) in [6.45, 7) is 2.88. The number of methoxy groups -OCH3 is 1. The zero-order valence-electron chi connectivity index (χ0n) is 14.1. The Bertz CT molecular complexity index is 744. The van der Waals surface area contributed by atoms with Crippen molar-refractivity contribution < 1.29 is 24.2 Å². The van der Waals surface area contributed by atoms with Gasteiger partial charge in [-0.3, -0.25) is 4.79 Å². The molecule has 1 heterocycles. The van der Waals surface area contributed by atoms with E-state index in [1.54, 1.807) is 14.0 Å². The van der Waals surface area contributed by atoms with Crippen LogP contribution in [0.3, 0.4) is 0 Å². The van der Waals surface area contributed by atoms with Gasteiger partial charge in [-0.05, 0) is 36.8 Å². The second kappa shape index (κ2) is 8.79. The van der Waals surface area contributed by atoms with Crippen molar-refractivity contribution in [3.8, 4) is 5.75 Å². The first kappa shape index (κ1) is 18.4. The molecular weight excluding hydrogens is 324 g/mol. The number of carboxylic acids is 1. The Hall–Kier alpha value is -2.93. The van der Waals surface area contributed by atoms with Crippen LogP contribution in [0.5, 0.6) is 5.75 Å². The highest BCUT2D eigenvalue weighted by Gasteiger charge is 2.12. The molecule has 2 rings (SSSR count). The van der Waals surface area contributed by atoms with E-state index in [0.717, 1.165) is 11.3 Å². The monoisotopic (exact) mass is 344 g/mol. The van der Waals surface area contributed by atoms with E-state index in [0.29, 0.717) is 25.5 Å². The lowest BCUT2D eigenvalue weighted by Gasteiger charge is -2.08. The first-order valence-electron chi connectivity index (χ1n) is 7.71. The van der Waals surface area contributed by atoms with Crippen LogP contribution in [0.4, 0.5) is 0 Å². The summed E-state index contributed by atoms with van der Waals surface area (Å²) < 4.78 is 10.4. The molecule has 7 heteroatoms. The molecule has 0 saturated heterocycles. The van der Waals surface area contributed by atoms with Crippen LogP contribution in [0.25, 0.3) is 0 Å². The molecule has 0 spiro atoms. The van der Waals surface area contributed by atoms with Gasteiger partial charge in [-0.1, -0.05) is 12.1 Å². The van der Waals surface area contributed by atoms with Crippen LogP contribution in [0.1, 0.15) is 32.1 Å². The molecule has 25 heavy (non-hydrogen) atoms. The van der Waals surface area contributed by atoms with Gasteiger partial charge in [0, 0.05) is 13.7 Å². The number of pyridine rings is 1. The molecule has 0 bridgehead atoms. The fourth-order valence-electron chi connectivity index (χ4n) is 2.13. The van der Waals surface area contributed by atoms with Crippen molar-refractivity contribution >= 4 is 11.9 Å². The van der Waals surface area contributed by atoms with Gasteiger partial charge >= 0.3 is 5.97 Å². The standard InChI is InChI=1S/C18H20N2O5/c1-12-15(18(22)23)7-8-16(20-12)17(21)19-11-13-3-5-14(6-4-13)25-10-9-24-2/h3-8H,9-11H2,1-2H3,(H,19,21)(H,22,23). The lowest BCUT2D eigenvalue weighted by Crippen LogP contribution is -2.24. The maximum absolute atomic E-state index is 12.1. The maximum Gasteiger partial charge on any atom is 0.337 e. The number of ether oxygens (including phenoxy) is 2. The molecule has 0 unspecified atom stereocenters. The minimum Gasteiger partial charge on any atom is -0.491 e. The zero-order chi connectivity index (χ0) is 18.2. The Morgan fingerprint density at radius 1 is 1.12 bits per heavy atom. The lowest BCUT2D eigenvalue weighted by atomic mass is 10.1. The molecule has 0 radical (unpaired) electrons. The van der Waals surface area contributed by atoms with E-state index in [-0.39, 0.29) is 17.2 Å². The highest BCUT2D eigenvalue weighted by Crippen LogP contribution is 2.12. The molecule has 2 aromatic rings. The minimum absolute atomic E-state index is 0.0839. The smallest absolute Gasteiger partial charge is 0.337 e. The van der Waals surface area contributed by atoms with Crippen molar-refractivity contribution in [2.24, 2.45) is 0 Å². The number of hydrogen-bond donors (Lipinski definition) is 2. The molecule has 0 aliphatic carbocycles. The van der Waals surface area contributed by atoms with Crippen LogP contribution in [-0.4, -0.2) is 42.3 Å². The Morgan fingerprint density at radius 3 is 2.44 bits per heavy atom. The van der Waals surface area contributed by atoms with Gasteiger partial charge in [0.25, 0.3) is 5.91 Å². The quantitative estimate of drug-likeness (QED) is 0.711. The predicted molar refractivity (Wildman–Crippen MR) is 90.9 cm³/mol. The van der Waals surface area contributed by atoms with Crippen molar-refractivity contribution in [2.45, 2.75) is 13.5 Å². The summed E-state index contributed by atoms with van der Waals surface area (Å²) in [4.78, 5) is 27.1. The van der Waals surface area contributed by atoms with Crippen molar-refractivity contribution in [1.29, 1.82) is 0 Å². The molecule has 1 aromatic carbocycles. The molecule has 7 nitrogen and oxygen atoms in total. The average Bonchev–Trinajstić information content (AvgIpc) is 2.60. The third kappa shape index (κ3) is 5.29. The molecule has 0 atom stereocenters. The zero-order valence-corrected chi connectivity index (χ0v) is 14.1. The molecule has 0 aliphatic rings. The molecule has 0 aliphatic heterocycles. The number of carboxylic acid groups (broad SMARTS) is 1. The number of rotatable bonds is 8. The number of hydrogen-bond acceptors (Lipinski definition) is 5. The first-order chi connectivity index (χ1) is 12.0. The number of aromatic carboxylic acids is 1. The Morgan fingerprint density at radius 2 is 1.84 bits per heavy atom. The van der Waals surface area contributed by atoms with Gasteiger partial charge in [-0.2, -0.15) is 0 Å². The van der Waals surface area contributed by atoms with Gasteiger partial charge in [0.2, 0.25) is 0 Å². The van der Waals surface area contributed by atoms with E-state index in [2.05, 4.69) is 10.3 Å². The fourth-order valence-corrected chi connectivity index (χ4v) is 2.13. The summed E-state index contributed by atoms with van der Waals surface area (Å²) in [6.07, 6.45) is 0. The lowest BCUT2D eigenvalue weighted by molar-refractivity contribution is 0.0694. The molecule has 1 aromatic heterocycles. The van der Waals surface area contributed by atoms with Crippen LogP contribution < -0.4 is 10.1 Å². The number of nitrogens with one attached hydrogen (secondary N) is 1. The molecule has 0 fully saturated rings. The van der Waals surface area contributed by atoms with E-state index in [9.17, 15) is 9.59 Å². The topological polar surface area (TPSA) is 97.8 Å². The highest BCUT2D eigenvalue weighted by molar-refractivity contribution is 5.94. The Kier molecular flexibility index (Phi) is 6.47. The Labute approximate surface area is 145 Å². The van der Waals surface area contributed by atoms with Gasteiger partial charge in [-0.25, -0.2) is 9.78 Å². The van der Waals surface area contributed by atoms with E-state index in [1.807, 2.05) is 24.3 Å². The number of aromatic nitrogens is 1. The second-order valence-corrected chi connectivity index (χ2v) is 5.30. The van der Waals surface area contributed by atoms with Crippen LogP contribution in [0, 0.1) is 6.92 Å². The summed E-state index contributed by atoms with van der Waals surface area (Å²) in [5.41, 5.74) is 1.48. The Balaban J connectivity index is 1.91. The van der Waals surface area contributed by atoms with Crippen molar-refractivity contribution in [2.75, 3.05) is 20.3 Å². The number of carbonyl (C=O) groups excluding carboxylic acids is 1. The van der Waals surface area contributed by atoms with Crippen molar-refractivity contribution in [1.82, 2.24) is 10.3 Å². The first-order valence-corrected chi connectivity index (χ1v) is 7.71. The largest absolute Gasteiger partial charge is 0.491 e. The van der Waals surface area contributed by atoms with E-state index in [1.165, 1.54) is 12.1 Å². The molecule has 2 N–H and O–H groups in total. The van der Waals surface area contributed by atoms with Crippen LogP contribution in [0.2, 0.25) is 0 Å². The van der Waals surface area contributed by atoms with Crippen molar-refractivity contribution in [3.63, 3.8) is 0 Å². The van der Waals surface area contributed by atoms with E-state index in [4.69, 9.17) is 14.6 Å². The predicted octanol–water partition coefficient (Wildman–Crippen LogP) is 2.04. The van der Waals surface area contributed by atoms with Gasteiger partial charge in [0.05, 0.1) is 17.9 Å². The molecular formula is C18H20N2O5. The van der Waals surface area contributed by atoms with Crippen molar-refractivity contribution in [3.05, 3.63) is 58.9 Å². The van der Waals surface area contributed by atoms with Gasteiger partial charge < -0.3 is 19.9 Å².